The number of carbonyl (C=O) groups is 2. The first-order chi connectivity index (χ1) is 19.0. The zero-order valence-electron chi connectivity index (χ0n) is 21.9. The van der Waals surface area contributed by atoms with E-state index >= 15 is 0 Å². The minimum atomic E-state index is -5.28. The third kappa shape index (κ3) is 7.52. The Labute approximate surface area is 237 Å². The molecule has 9 nitrogen and oxygen atoms in total. The predicted octanol–water partition coefficient (Wildman–Crippen LogP) is 4.91. The summed E-state index contributed by atoms with van der Waals surface area (Å²) in [6, 6.07) is 10.9. The molecule has 0 spiro atoms. The number of halogens is 4. The number of ether oxygens (including phenoxy) is 3. The number of hydrogen-bond donors (Lipinski definition) is 1. The summed E-state index contributed by atoms with van der Waals surface area (Å²) in [6.07, 6.45) is -2.99. The molecule has 3 aromatic rings. The average molecular weight is 625 g/mol. The predicted molar refractivity (Wildman–Crippen MR) is 142 cm³/mol. The molecule has 4 rings (SSSR count). The molecular weight excluding hydrogens is 597 g/mol. The van der Waals surface area contributed by atoms with Gasteiger partial charge in [0, 0.05) is 42.2 Å². The highest BCUT2D eigenvalue weighted by Gasteiger charge is 2.42. The Kier molecular flexibility index (Phi) is 9.33. The van der Waals surface area contributed by atoms with E-state index in [4.69, 9.17) is 9.47 Å². The molecule has 1 atom stereocenters. The van der Waals surface area contributed by atoms with Crippen molar-refractivity contribution in [3.63, 3.8) is 0 Å². The lowest BCUT2D eigenvalue weighted by atomic mass is 9.90. The molecule has 2 aromatic heterocycles. The van der Waals surface area contributed by atoms with Gasteiger partial charge >= 0.3 is 18.1 Å². The number of esters is 2. The number of aryl methyl sites for hydroxylation is 2. The van der Waals surface area contributed by atoms with Crippen LogP contribution in [0.3, 0.4) is 0 Å². The Bertz CT molecular complexity index is 1380. The summed E-state index contributed by atoms with van der Waals surface area (Å²) in [6.45, 7) is 1.25. The Morgan fingerprint density at radius 1 is 1.18 bits per heavy atom. The number of benzene rings is 1. The fourth-order valence-electron chi connectivity index (χ4n) is 4.48. The standard InChI is InChI=1S/C27H28BrF3N4O5/c1-35-23(39-11-9-19-7-5-16-4-3-10-32-25(16)33-19)15-20(34-35)12-17(13-24(36)40-26(37)27(29,30)31)21-14-18(28)6-8-22(21)38-2/h5-8,14-15,17H,3-4,9-13H2,1-2H3,(H,32,33). The van der Waals surface area contributed by atoms with Gasteiger partial charge in [-0.25, -0.2) is 14.5 Å². The first-order valence-corrected chi connectivity index (χ1v) is 13.4. The number of carbonyl (C=O) groups excluding carboxylic acids is 2. The second kappa shape index (κ2) is 12.7. The maximum Gasteiger partial charge on any atom is 0.491 e. The average Bonchev–Trinajstić information content (AvgIpc) is 3.26. The van der Waals surface area contributed by atoms with Crippen molar-refractivity contribution in [1.82, 2.24) is 14.8 Å². The third-order valence-electron chi connectivity index (χ3n) is 6.39. The van der Waals surface area contributed by atoms with E-state index < -0.39 is 30.5 Å². The summed E-state index contributed by atoms with van der Waals surface area (Å²) in [4.78, 5) is 28.2. The van der Waals surface area contributed by atoms with Crippen molar-refractivity contribution in [2.24, 2.45) is 7.05 Å². The van der Waals surface area contributed by atoms with Gasteiger partial charge in [0.15, 0.2) is 0 Å². The van der Waals surface area contributed by atoms with E-state index in [-0.39, 0.29) is 6.42 Å². The molecule has 0 radical (unpaired) electrons. The molecule has 1 aliphatic rings. The SMILES string of the molecule is COc1ccc(Br)cc1C(CC(=O)OC(=O)C(F)(F)F)Cc1cc(OCCc2ccc3c(n2)NCCC3)n(C)n1. The normalized spacial score (nSPS) is 13.7. The van der Waals surface area contributed by atoms with Crippen LogP contribution >= 0.6 is 15.9 Å². The Morgan fingerprint density at radius 3 is 2.73 bits per heavy atom. The molecule has 0 saturated carbocycles. The number of pyridine rings is 1. The number of fused-ring (bicyclic) bond motifs is 1. The van der Waals surface area contributed by atoms with Crippen molar-refractivity contribution >= 4 is 33.7 Å². The fourth-order valence-corrected chi connectivity index (χ4v) is 4.86. The lowest BCUT2D eigenvalue weighted by Gasteiger charge is -2.19. The molecule has 0 fully saturated rings. The van der Waals surface area contributed by atoms with Crippen molar-refractivity contribution in [2.75, 3.05) is 25.6 Å². The van der Waals surface area contributed by atoms with E-state index in [0.717, 1.165) is 30.9 Å². The van der Waals surface area contributed by atoms with Crippen LogP contribution in [-0.2, 0) is 40.6 Å². The van der Waals surface area contributed by atoms with Gasteiger partial charge in [-0.2, -0.15) is 18.3 Å². The number of alkyl halides is 3. The largest absolute Gasteiger partial charge is 0.496 e. The minimum absolute atomic E-state index is 0.136. The maximum absolute atomic E-state index is 12.6. The molecule has 1 unspecified atom stereocenters. The number of anilines is 1. The van der Waals surface area contributed by atoms with Gasteiger partial charge in [-0.1, -0.05) is 22.0 Å². The van der Waals surface area contributed by atoms with Gasteiger partial charge < -0.3 is 19.5 Å². The van der Waals surface area contributed by atoms with Gasteiger partial charge in [0.05, 0.1) is 25.8 Å². The molecule has 0 amide bonds. The molecule has 214 valence electrons. The van der Waals surface area contributed by atoms with Gasteiger partial charge in [0.1, 0.15) is 11.6 Å². The lowest BCUT2D eigenvalue weighted by Crippen LogP contribution is -2.28. The summed E-state index contributed by atoms with van der Waals surface area (Å²) in [5.74, 6) is -2.78. The fraction of sp³-hybridized carbons (Fsp3) is 0.407. The van der Waals surface area contributed by atoms with E-state index in [9.17, 15) is 22.8 Å². The Morgan fingerprint density at radius 2 is 1.98 bits per heavy atom. The van der Waals surface area contributed by atoms with Gasteiger partial charge in [-0.05, 0) is 54.7 Å². The highest BCUT2D eigenvalue weighted by molar-refractivity contribution is 9.10. The zero-order chi connectivity index (χ0) is 28.9. The number of aromatic nitrogens is 3. The molecular formula is C27H28BrF3N4O5. The highest BCUT2D eigenvalue weighted by Crippen LogP contribution is 2.35. The second-order valence-electron chi connectivity index (χ2n) is 9.29. The summed E-state index contributed by atoms with van der Waals surface area (Å²) in [5.41, 5.74) is 3.16. The molecule has 1 N–H and O–H groups in total. The summed E-state index contributed by atoms with van der Waals surface area (Å²) in [7, 11) is 3.14. The lowest BCUT2D eigenvalue weighted by molar-refractivity contribution is -0.202. The van der Waals surface area contributed by atoms with Crippen LogP contribution in [0.25, 0.3) is 0 Å². The van der Waals surface area contributed by atoms with Crippen LogP contribution in [0.15, 0.2) is 40.9 Å². The first-order valence-electron chi connectivity index (χ1n) is 12.6. The number of methoxy groups -OCH3 is 1. The van der Waals surface area contributed by atoms with Crippen molar-refractivity contribution in [3.8, 4) is 11.6 Å². The second-order valence-corrected chi connectivity index (χ2v) is 10.2. The van der Waals surface area contributed by atoms with Crippen molar-refractivity contribution in [3.05, 3.63) is 63.4 Å². The molecule has 0 saturated heterocycles. The van der Waals surface area contributed by atoms with Gasteiger partial charge in [0.2, 0.25) is 5.88 Å². The van der Waals surface area contributed by atoms with Crippen LogP contribution in [0.5, 0.6) is 11.6 Å². The number of nitrogens with zero attached hydrogens (tertiary/aromatic N) is 3. The molecule has 0 aliphatic carbocycles. The zero-order valence-corrected chi connectivity index (χ0v) is 23.5. The monoisotopic (exact) mass is 624 g/mol. The first kappa shape index (κ1) is 29.4. The van der Waals surface area contributed by atoms with E-state index in [1.165, 1.54) is 17.4 Å². The number of nitrogens with one attached hydrogen (secondary N) is 1. The summed E-state index contributed by atoms with van der Waals surface area (Å²) >= 11 is 3.37. The van der Waals surface area contributed by atoms with Gasteiger partial charge in [-0.15, -0.1) is 0 Å². The number of rotatable bonds is 10. The Hall–Kier alpha value is -3.61. The molecule has 0 bridgehead atoms. The van der Waals surface area contributed by atoms with E-state index in [1.54, 1.807) is 31.3 Å². The third-order valence-corrected chi connectivity index (χ3v) is 6.88. The van der Waals surface area contributed by atoms with Gasteiger partial charge in [-0.3, -0.25) is 4.79 Å². The van der Waals surface area contributed by atoms with Crippen LogP contribution in [0.1, 0.15) is 41.3 Å². The van der Waals surface area contributed by atoms with Crippen molar-refractivity contribution < 1.29 is 37.0 Å². The van der Waals surface area contributed by atoms with Crippen LogP contribution in [0, 0.1) is 0 Å². The van der Waals surface area contributed by atoms with Crippen molar-refractivity contribution in [2.45, 2.75) is 44.2 Å². The topological polar surface area (TPSA) is 105 Å². The molecule has 13 heteroatoms. The maximum atomic E-state index is 12.6. The number of hydrogen-bond acceptors (Lipinski definition) is 8. The van der Waals surface area contributed by atoms with Crippen LogP contribution in [0.2, 0.25) is 0 Å². The molecule has 3 heterocycles. The smallest absolute Gasteiger partial charge is 0.491 e. The van der Waals surface area contributed by atoms with Crippen LogP contribution in [0.4, 0.5) is 19.0 Å². The van der Waals surface area contributed by atoms with E-state index in [1.807, 2.05) is 6.07 Å². The summed E-state index contributed by atoms with van der Waals surface area (Å²) < 4.78 is 55.5. The summed E-state index contributed by atoms with van der Waals surface area (Å²) in [5, 5.41) is 7.77. The van der Waals surface area contributed by atoms with Gasteiger partial charge in [0.25, 0.3) is 0 Å². The van der Waals surface area contributed by atoms with Crippen molar-refractivity contribution in [1.29, 1.82) is 0 Å². The quantitative estimate of drug-likeness (QED) is 0.251. The highest BCUT2D eigenvalue weighted by atomic mass is 79.9. The van der Waals surface area contributed by atoms with E-state index in [2.05, 4.69) is 42.1 Å². The Balaban J connectivity index is 1.46. The van der Waals surface area contributed by atoms with E-state index in [0.29, 0.717) is 40.4 Å². The molecule has 40 heavy (non-hydrogen) atoms. The molecule has 1 aromatic carbocycles. The van der Waals surface area contributed by atoms with Crippen LogP contribution < -0.4 is 14.8 Å². The molecule has 1 aliphatic heterocycles. The minimum Gasteiger partial charge on any atom is -0.496 e. The van der Waals surface area contributed by atoms with Crippen LogP contribution in [-0.4, -0.2) is 53.1 Å².